The van der Waals surface area contributed by atoms with Crippen LogP contribution in [0.1, 0.15) is 24.3 Å². The second kappa shape index (κ2) is 4.71. The molecule has 0 amide bonds. The molecule has 0 saturated heterocycles. The van der Waals surface area contributed by atoms with E-state index in [2.05, 4.69) is 37.5 Å². The Morgan fingerprint density at radius 1 is 1.57 bits per heavy atom. The van der Waals surface area contributed by atoms with Gasteiger partial charge in [0.05, 0.1) is 6.54 Å². The lowest BCUT2D eigenvalue weighted by Crippen LogP contribution is -2.33. The maximum absolute atomic E-state index is 10.2. The van der Waals surface area contributed by atoms with Gasteiger partial charge in [-0.1, -0.05) is 13.8 Å². The Morgan fingerprint density at radius 2 is 2.29 bits per heavy atom. The zero-order chi connectivity index (χ0) is 10.6. The van der Waals surface area contributed by atoms with Crippen molar-refractivity contribution in [2.24, 2.45) is 0 Å². The van der Waals surface area contributed by atoms with Crippen LogP contribution in [-0.4, -0.2) is 19.4 Å². The zero-order valence-electron chi connectivity index (χ0n) is 8.96. The van der Waals surface area contributed by atoms with E-state index in [9.17, 15) is 4.79 Å². The van der Waals surface area contributed by atoms with Crippen LogP contribution in [0.5, 0.6) is 0 Å². The molecule has 0 fully saturated rings. The normalized spacial score (nSPS) is 11.6. The monoisotopic (exact) mass is 211 g/mol. The number of thiophene rings is 1. The van der Waals surface area contributed by atoms with Gasteiger partial charge in [0.2, 0.25) is 0 Å². The highest BCUT2D eigenvalue weighted by Crippen LogP contribution is 2.30. The minimum atomic E-state index is 0.112. The van der Waals surface area contributed by atoms with E-state index in [1.807, 2.05) is 0 Å². The topological polar surface area (TPSA) is 29.1 Å². The maximum atomic E-state index is 10.2. The third-order valence-electron chi connectivity index (χ3n) is 2.27. The van der Waals surface area contributed by atoms with Crippen molar-refractivity contribution >= 4 is 17.6 Å². The molecule has 0 aliphatic carbocycles. The Bertz CT molecular complexity index is 304. The summed E-state index contributed by atoms with van der Waals surface area (Å²) in [5.41, 5.74) is 1.45. The summed E-state index contributed by atoms with van der Waals surface area (Å²) in [6, 6.07) is 2.14. The lowest BCUT2D eigenvalue weighted by molar-refractivity contribution is -0.107. The molecule has 0 spiro atoms. The van der Waals surface area contributed by atoms with Crippen LogP contribution in [0, 0.1) is 6.92 Å². The highest BCUT2D eigenvalue weighted by Gasteiger charge is 2.22. The van der Waals surface area contributed by atoms with Crippen LogP contribution in [-0.2, 0) is 10.2 Å². The molecule has 78 valence electrons. The van der Waals surface area contributed by atoms with E-state index in [0.29, 0.717) is 6.54 Å². The van der Waals surface area contributed by atoms with E-state index < -0.39 is 0 Å². The molecule has 1 rings (SSSR count). The van der Waals surface area contributed by atoms with Crippen molar-refractivity contribution in [1.29, 1.82) is 0 Å². The van der Waals surface area contributed by atoms with Gasteiger partial charge in [0.1, 0.15) is 6.29 Å². The predicted molar refractivity (Wildman–Crippen MR) is 61.0 cm³/mol. The average Bonchev–Trinajstić information content (AvgIpc) is 2.52. The summed E-state index contributed by atoms with van der Waals surface area (Å²) in [5.74, 6) is 0. The number of rotatable bonds is 5. The molecule has 0 aliphatic heterocycles. The van der Waals surface area contributed by atoms with Crippen molar-refractivity contribution in [1.82, 2.24) is 5.32 Å². The molecule has 0 aliphatic rings. The summed E-state index contributed by atoms with van der Waals surface area (Å²) in [5, 5.41) is 5.25. The van der Waals surface area contributed by atoms with Crippen LogP contribution in [0.25, 0.3) is 0 Å². The Hall–Kier alpha value is -0.670. The number of hydrogen-bond acceptors (Lipinski definition) is 3. The third kappa shape index (κ3) is 2.66. The summed E-state index contributed by atoms with van der Waals surface area (Å²) < 4.78 is 0. The van der Waals surface area contributed by atoms with Gasteiger partial charge >= 0.3 is 0 Å². The second-order valence-corrected chi connectivity index (χ2v) is 5.03. The highest BCUT2D eigenvalue weighted by molar-refractivity contribution is 7.10. The number of carbonyl (C=O) groups is 1. The summed E-state index contributed by atoms with van der Waals surface area (Å²) in [4.78, 5) is 11.6. The molecule has 0 radical (unpaired) electrons. The Labute approximate surface area is 89.3 Å². The lowest BCUT2D eigenvalue weighted by atomic mass is 9.89. The van der Waals surface area contributed by atoms with Gasteiger partial charge in [-0.05, 0) is 23.9 Å². The van der Waals surface area contributed by atoms with Crippen molar-refractivity contribution < 1.29 is 4.79 Å². The first-order chi connectivity index (χ1) is 6.58. The molecular weight excluding hydrogens is 194 g/mol. The van der Waals surface area contributed by atoms with Gasteiger partial charge in [0.15, 0.2) is 0 Å². The van der Waals surface area contributed by atoms with Crippen molar-refractivity contribution in [3.8, 4) is 0 Å². The van der Waals surface area contributed by atoms with Crippen molar-refractivity contribution in [3.63, 3.8) is 0 Å². The van der Waals surface area contributed by atoms with Crippen molar-refractivity contribution in [3.05, 3.63) is 21.9 Å². The Balaban J connectivity index is 2.65. The fourth-order valence-electron chi connectivity index (χ4n) is 1.59. The molecule has 2 nitrogen and oxygen atoms in total. The average molecular weight is 211 g/mol. The summed E-state index contributed by atoms with van der Waals surface area (Å²) in [6.07, 6.45) is 0.900. The van der Waals surface area contributed by atoms with E-state index in [1.54, 1.807) is 11.3 Å². The van der Waals surface area contributed by atoms with Gasteiger partial charge in [0, 0.05) is 16.8 Å². The van der Waals surface area contributed by atoms with Crippen molar-refractivity contribution in [2.45, 2.75) is 26.2 Å². The molecule has 0 atom stereocenters. The first-order valence-electron chi connectivity index (χ1n) is 4.77. The van der Waals surface area contributed by atoms with E-state index in [4.69, 9.17) is 0 Å². The molecule has 1 heterocycles. The zero-order valence-corrected chi connectivity index (χ0v) is 9.78. The number of carbonyl (C=O) groups excluding carboxylic acids is 1. The number of aryl methyl sites for hydroxylation is 1. The summed E-state index contributed by atoms with van der Waals surface area (Å²) in [7, 11) is 0. The minimum Gasteiger partial charge on any atom is -0.309 e. The molecule has 0 aromatic carbocycles. The van der Waals surface area contributed by atoms with Crippen LogP contribution < -0.4 is 5.32 Å². The first kappa shape index (κ1) is 11.4. The van der Waals surface area contributed by atoms with E-state index in [0.717, 1.165) is 12.8 Å². The van der Waals surface area contributed by atoms with Gasteiger partial charge in [-0.15, -0.1) is 11.3 Å². The molecule has 0 bridgehead atoms. The Kier molecular flexibility index (Phi) is 3.84. The van der Waals surface area contributed by atoms with Gasteiger partial charge in [-0.3, -0.25) is 0 Å². The van der Waals surface area contributed by atoms with Crippen LogP contribution in [0.2, 0.25) is 0 Å². The van der Waals surface area contributed by atoms with E-state index >= 15 is 0 Å². The summed E-state index contributed by atoms with van der Waals surface area (Å²) >= 11 is 1.79. The van der Waals surface area contributed by atoms with Crippen LogP contribution >= 0.6 is 11.3 Å². The molecule has 14 heavy (non-hydrogen) atoms. The number of aldehydes is 1. The standard InChI is InChI=1S/C11H17NOS/c1-9-4-7-14-10(9)11(2,3)8-12-5-6-13/h4,6-7,12H,5,8H2,1-3H3. The minimum absolute atomic E-state index is 0.112. The highest BCUT2D eigenvalue weighted by atomic mass is 32.1. The van der Waals surface area contributed by atoms with Crippen LogP contribution in [0.4, 0.5) is 0 Å². The quantitative estimate of drug-likeness (QED) is 0.597. The van der Waals surface area contributed by atoms with E-state index in [1.165, 1.54) is 10.4 Å². The van der Waals surface area contributed by atoms with Crippen molar-refractivity contribution in [2.75, 3.05) is 13.1 Å². The number of hydrogen-bond donors (Lipinski definition) is 1. The third-order valence-corrected chi connectivity index (χ3v) is 3.65. The largest absolute Gasteiger partial charge is 0.309 e. The van der Waals surface area contributed by atoms with Crippen LogP contribution in [0.3, 0.4) is 0 Å². The molecule has 3 heteroatoms. The fraction of sp³-hybridized carbons (Fsp3) is 0.545. The molecule has 0 saturated carbocycles. The first-order valence-corrected chi connectivity index (χ1v) is 5.65. The molecule has 1 aromatic rings. The number of nitrogens with one attached hydrogen (secondary N) is 1. The van der Waals surface area contributed by atoms with E-state index in [-0.39, 0.29) is 5.41 Å². The van der Waals surface area contributed by atoms with Gasteiger partial charge in [-0.2, -0.15) is 0 Å². The predicted octanol–water partition coefficient (Wildman–Crippen LogP) is 2.12. The van der Waals surface area contributed by atoms with Gasteiger partial charge in [-0.25, -0.2) is 0 Å². The Morgan fingerprint density at radius 3 is 2.79 bits per heavy atom. The van der Waals surface area contributed by atoms with Crippen LogP contribution in [0.15, 0.2) is 11.4 Å². The molecular formula is C11H17NOS. The lowest BCUT2D eigenvalue weighted by Gasteiger charge is -2.24. The van der Waals surface area contributed by atoms with Gasteiger partial charge < -0.3 is 10.1 Å². The smallest absolute Gasteiger partial charge is 0.133 e. The molecule has 1 aromatic heterocycles. The molecule has 0 unspecified atom stereocenters. The summed E-state index contributed by atoms with van der Waals surface area (Å²) in [6.45, 7) is 7.81. The second-order valence-electron chi connectivity index (χ2n) is 4.11. The maximum Gasteiger partial charge on any atom is 0.133 e. The fourth-order valence-corrected chi connectivity index (χ4v) is 2.64. The molecule has 1 N–H and O–H groups in total. The SMILES string of the molecule is Cc1ccsc1C(C)(C)CNCC=O. The van der Waals surface area contributed by atoms with Gasteiger partial charge in [0.25, 0.3) is 0 Å².